The number of benzene rings is 2. The van der Waals surface area contributed by atoms with Crippen LogP contribution in [0.3, 0.4) is 0 Å². The van der Waals surface area contributed by atoms with Crippen molar-refractivity contribution in [2.75, 3.05) is 23.3 Å². The second kappa shape index (κ2) is 9.95. The summed E-state index contributed by atoms with van der Waals surface area (Å²) in [7, 11) is 0. The summed E-state index contributed by atoms with van der Waals surface area (Å²) in [4.78, 5) is 27.2. The maximum atomic E-state index is 13.1. The fourth-order valence-corrected chi connectivity index (χ4v) is 5.38. The molecule has 0 bridgehead atoms. The van der Waals surface area contributed by atoms with Gasteiger partial charge in [0.05, 0.1) is 17.1 Å². The average molecular weight is 496 g/mol. The second-order valence-electron chi connectivity index (χ2n) is 10.1. The third kappa shape index (κ3) is 5.65. The highest BCUT2D eigenvalue weighted by molar-refractivity contribution is 7.90. The molecule has 1 fully saturated rings. The fourth-order valence-electron chi connectivity index (χ4n) is 4.48. The normalized spacial score (nSPS) is 17.1. The Morgan fingerprint density at radius 2 is 1.86 bits per heavy atom. The summed E-state index contributed by atoms with van der Waals surface area (Å²) in [6, 6.07) is 12.4. The Labute approximate surface area is 209 Å². The number of amides is 1. The summed E-state index contributed by atoms with van der Waals surface area (Å²) in [5, 5.41) is 3.96. The Morgan fingerprint density at radius 3 is 2.54 bits per heavy atom. The van der Waals surface area contributed by atoms with Crippen molar-refractivity contribution in [3.8, 4) is 0 Å². The van der Waals surface area contributed by atoms with Gasteiger partial charge in [-0.2, -0.15) is 4.72 Å². The minimum absolute atomic E-state index is 0.0598. The van der Waals surface area contributed by atoms with E-state index in [2.05, 4.69) is 28.8 Å². The first-order valence-electron chi connectivity index (χ1n) is 11.9. The molecule has 1 aliphatic heterocycles. The van der Waals surface area contributed by atoms with E-state index in [9.17, 15) is 14.1 Å². The smallest absolute Gasteiger partial charge is 0.258 e. The molecule has 1 aromatic heterocycles. The Kier molecular flexibility index (Phi) is 7.15. The number of anilines is 2. The molecule has 186 valence electrons. The van der Waals surface area contributed by atoms with E-state index in [1.165, 1.54) is 6.92 Å². The summed E-state index contributed by atoms with van der Waals surface area (Å²) >= 11 is -1.69. The molecule has 0 spiro atoms. The number of aryl methyl sites for hydroxylation is 1. The van der Waals surface area contributed by atoms with Gasteiger partial charge in [0.2, 0.25) is 4.90 Å². The van der Waals surface area contributed by atoms with Crippen LogP contribution in [0.15, 0.2) is 56.6 Å². The van der Waals surface area contributed by atoms with Crippen molar-refractivity contribution in [2.45, 2.75) is 58.4 Å². The first-order valence-corrected chi connectivity index (χ1v) is 13.1. The van der Waals surface area contributed by atoms with Crippen molar-refractivity contribution >= 4 is 39.8 Å². The molecule has 0 radical (unpaired) electrons. The Morgan fingerprint density at radius 1 is 1.17 bits per heavy atom. The van der Waals surface area contributed by atoms with Crippen molar-refractivity contribution in [3.05, 3.63) is 63.8 Å². The van der Waals surface area contributed by atoms with Gasteiger partial charge in [0.25, 0.3) is 5.91 Å². The van der Waals surface area contributed by atoms with E-state index in [-0.39, 0.29) is 17.4 Å². The molecule has 8 heteroatoms. The van der Waals surface area contributed by atoms with Gasteiger partial charge in [-0.15, -0.1) is 0 Å². The van der Waals surface area contributed by atoms with Crippen LogP contribution in [0.1, 0.15) is 57.7 Å². The average Bonchev–Trinajstić information content (AvgIpc) is 2.79. The van der Waals surface area contributed by atoms with Crippen LogP contribution >= 0.6 is 0 Å². The zero-order chi connectivity index (χ0) is 25.3. The van der Waals surface area contributed by atoms with Gasteiger partial charge in [0, 0.05) is 31.6 Å². The second-order valence-corrected chi connectivity index (χ2v) is 11.3. The Bertz CT molecular complexity index is 1290. The number of nitrogens with zero attached hydrogens (tertiary/aromatic N) is 1. The molecular weight excluding hydrogens is 462 g/mol. The van der Waals surface area contributed by atoms with Crippen molar-refractivity contribution in [3.63, 3.8) is 0 Å². The minimum Gasteiger partial charge on any atom is -0.588 e. The predicted molar refractivity (Wildman–Crippen MR) is 141 cm³/mol. The van der Waals surface area contributed by atoms with Crippen LogP contribution in [0.5, 0.6) is 0 Å². The van der Waals surface area contributed by atoms with Crippen LogP contribution < -0.4 is 20.4 Å². The van der Waals surface area contributed by atoms with Crippen LogP contribution in [0.4, 0.5) is 11.6 Å². The molecule has 3 aromatic rings. The van der Waals surface area contributed by atoms with E-state index in [1.807, 2.05) is 38.1 Å². The van der Waals surface area contributed by atoms with Gasteiger partial charge in [-0.05, 0) is 55.9 Å². The summed E-state index contributed by atoms with van der Waals surface area (Å²) in [6.45, 7) is 11.5. The lowest BCUT2D eigenvalue weighted by atomic mass is 9.83. The summed E-state index contributed by atoms with van der Waals surface area (Å²) in [5.74, 6) is 0.230. The number of fused-ring (bicyclic) bond motifs is 1. The number of nitrogens with one attached hydrogen (secondary N) is 2. The fraction of sp³-hybridized carbons (Fsp3) is 0.407. The van der Waals surface area contributed by atoms with Crippen LogP contribution in [0.2, 0.25) is 0 Å². The number of piperidine rings is 1. The Balaban J connectivity index is 1.71. The molecule has 2 aromatic carbocycles. The van der Waals surface area contributed by atoms with Crippen LogP contribution in [-0.2, 0) is 16.2 Å². The van der Waals surface area contributed by atoms with Crippen molar-refractivity contribution < 1.29 is 13.8 Å². The first-order chi connectivity index (χ1) is 16.5. The molecule has 2 atom stereocenters. The molecule has 2 unspecified atom stereocenters. The predicted octanol–water partition coefficient (Wildman–Crippen LogP) is 5.06. The molecule has 4 rings (SSSR count). The largest absolute Gasteiger partial charge is 0.588 e. The molecule has 1 saturated heterocycles. The highest BCUT2D eigenvalue weighted by atomic mass is 32.2. The number of para-hydroxylation sites is 1. The zero-order valence-corrected chi connectivity index (χ0v) is 21.8. The lowest BCUT2D eigenvalue weighted by Gasteiger charge is -2.37. The van der Waals surface area contributed by atoms with Gasteiger partial charge in [-0.25, -0.2) is 0 Å². The zero-order valence-electron chi connectivity index (χ0n) is 20.9. The molecule has 1 amide bonds. The molecule has 1 aliphatic rings. The topological polar surface area (TPSA) is 97.6 Å². The van der Waals surface area contributed by atoms with Gasteiger partial charge in [-0.3, -0.25) is 9.59 Å². The maximum absolute atomic E-state index is 13.1. The van der Waals surface area contributed by atoms with Crippen molar-refractivity contribution in [2.24, 2.45) is 5.41 Å². The minimum atomic E-state index is -1.69. The van der Waals surface area contributed by atoms with Crippen molar-refractivity contribution in [1.82, 2.24) is 4.72 Å². The highest BCUT2D eigenvalue weighted by Gasteiger charge is 2.27. The molecule has 0 aliphatic carbocycles. The van der Waals surface area contributed by atoms with E-state index in [4.69, 9.17) is 4.42 Å². The summed E-state index contributed by atoms with van der Waals surface area (Å²) < 4.78 is 21.5. The van der Waals surface area contributed by atoms with E-state index in [1.54, 1.807) is 18.2 Å². The molecule has 7 nitrogen and oxygen atoms in total. The number of carbonyl (C=O) groups excluding carboxylic acids is 1. The molecule has 0 saturated carbocycles. The Hall–Kier alpha value is -2.97. The molecule has 2 N–H and O–H groups in total. The van der Waals surface area contributed by atoms with E-state index < -0.39 is 11.4 Å². The quantitative estimate of drug-likeness (QED) is 0.464. The van der Waals surface area contributed by atoms with Gasteiger partial charge in [0.1, 0.15) is 16.9 Å². The number of hydrogen-bond donors (Lipinski definition) is 2. The summed E-state index contributed by atoms with van der Waals surface area (Å²) in [5.41, 5.74) is 3.23. The number of carbonyl (C=O) groups is 1. The summed E-state index contributed by atoms with van der Waals surface area (Å²) in [6.07, 6.45) is 2.07. The van der Waals surface area contributed by atoms with E-state index in [0.29, 0.717) is 32.9 Å². The van der Waals surface area contributed by atoms with Gasteiger partial charge >= 0.3 is 0 Å². The monoisotopic (exact) mass is 495 g/mol. The number of hydrogen-bond acceptors (Lipinski definition) is 6. The van der Waals surface area contributed by atoms with Gasteiger partial charge in [-0.1, -0.05) is 32.0 Å². The highest BCUT2D eigenvalue weighted by Crippen LogP contribution is 2.35. The van der Waals surface area contributed by atoms with Gasteiger partial charge in [0.15, 0.2) is 11.3 Å². The first kappa shape index (κ1) is 25.1. The SMILES string of the molecule is CC(=O)N[S+]([O-])c1ccccc1NC(C)c1cc(C)cc2c(=O)cc(N3CCC(C)(C)CC3)oc12. The molecule has 2 heterocycles. The third-order valence-electron chi connectivity index (χ3n) is 6.58. The van der Waals surface area contributed by atoms with Gasteiger partial charge < -0.3 is 19.2 Å². The van der Waals surface area contributed by atoms with Crippen LogP contribution in [0, 0.1) is 12.3 Å². The maximum Gasteiger partial charge on any atom is 0.258 e. The van der Waals surface area contributed by atoms with Crippen molar-refractivity contribution in [1.29, 1.82) is 0 Å². The molecule has 35 heavy (non-hydrogen) atoms. The number of rotatable bonds is 6. The lowest BCUT2D eigenvalue weighted by Crippen LogP contribution is -2.37. The van der Waals surface area contributed by atoms with E-state index >= 15 is 0 Å². The standard InChI is InChI=1S/C27H33N3O4S/c1-17-14-20(18(2)28-22-8-6-7-9-24(22)35(33)29-19(3)31)26-21(15-17)23(32)16-25(34-26)30-12-10-27(4,5)11-13-30/h6-9,14-16,18,28H,10-13H2,1-5H3,(H,29,31). The lowest BCUT2D eigenvalue weighted by molar-refractivity contribution is -0.117. The molecular formula is C27H33N3O4S. The van der Waals surface area contributed by atoms with Crippen LogP contribution in [0.25, 0.3) is 11.0 Å². The van der Waals surface area contributed by atoms with E-state index in [0.717, 1.165) is 37.1 Å². The van der Waals surface area contributed by atoms with Crippen LogP contribution in [-0.4, -0.2) is 23.5 Å². The third-order valence-corrected chi connectivity index (χ3v) is 7.81.